The first-order valence-corrected chi connectivity index (χ1v) is 18.6. The zero-order chi connectivity index (χ0) is 38.3. The largest absolute Gasteiger partial charge is 1.00 e. The third kappa shape index (κ3) is 12.7. The molecule has 8 aromatic rings. The Bertz CT molecular complexity index is 2220. The van der Waals surface area contributed by atoms with E-state index in [0.29, 0.717) is 5.56 Å². The van der Waals surface area contributed by atoms with Crippen molar-refractivity contribution in [3.05, 3.63) is 185 Å². The molecule has 7 nitrogen and oxygen atoms in total. The number of nitrogens with zero attached hydrogens (tertiary/aromatic N) is 5. The standard InChI is InChI=1S/C16H13FN2OS.C9H6FNS.C9H5FNS.C7H7NO.Li/c1-16(20,12-6-8-18-9-7-12)14-10-19-15(21-14)11-2-4-13(17)5-3-11;2*10-8-3-1-7(2-4-8)9-11-5-6-12-9;1-6(9)7-2-4-8-5-3-7;/h2-10,20H,1H3;1-6H;1-5H;2-5H,1H3;/q;;-1;;+1. The van der Waals surface area contributed by atoms with Crippen LogP contribution in [0.3, 0.4) is 0 Å². The van der Waals surface area contributed by atoms with E-state index < -0.39 is 5.60 Å². The molecule has 55 heavy (non-hydrogen) atoms. The van der Waals surface area contributed by atoms with Crippen LogP contribution in [0.25, 0.3) is 31.7 Å². The van der Waals surface area contributed by atoms with Gasteiger partial charge < -0.3 is 21.4 Å². The van der Waals surface area contributed by atoms with Crippen LogP contribution in [0.2, 0.25) is 0 Å². The van der Waals surface area contributed by atoms with Crippen LogP contribution in [0.5, 0.6) is 0 Å². The second-order valence-electron chi connectivity index (χ2n) is 11.3. The van der Waals surface area contributed by atoms with Crippen molar-refractivity contribution < 1.29 is 41.9 Å². The van der Waals surface area contributed by atoms with Gasteiger partial charge in [0.05, 0.1) is 4.88 Å². The number of benzene rings is 3. The second kappa shape index (κ2) is 21.1. The summed E-state index contributed by atoms with van der Waals surface area (Å²) >= 11 is 4.36. The molecule has 0 bridgehead atoms. The number of hydrogen-bond acceptors (Lipinski definition) is 10. The number of Topliss-reactive ketones (excluding diaryl/α,β-unsaturated/α-hetero) is 1. The number of carbonyl (C=O) groups is 1. The molecular weight excluding hydrogens is 755 g/mol. The second-order valence-corrected chi connectivity index (χ2v) is 14.0. The zero-order valence-electron chi connectivity index (χ0n) is 29.8. The molecule has 0 aliphatic heterocycles. The van der Waals surface area contributed by atoms with E-state index in [0.717, 1.165) is 42.2 Å². The molecule has 0 aliphatic rings. The van der Waals surface area contributed by atoms with Crippen LogP contribution in [0, 0.1) is 22.8 Å². The summed E-state index contributed by atoms with van der Waals surface area (Å²) in [7, 11) is 0. The van der Waals surface area contributed by atoms with Gasteiger partial charge in [-0.1, -0.05) is 23.9 Å². The predicted molar refractivity (Wildman–Crippen MR) is 209 cm³/mol. The van der Waals surface area contributed by atoms with Crippen molar-refractivity contribution in [1.29, 1.82) is 0 Å². The zero-order valence-corrected chi connectivity index (χ0v) is 32.3. The van der Waals surface area contributed by atoms with Crippen molar-refractivity contribution in [3.8, 4) is 31.7 Å². The van der Waals surface area contributed by atoms with Gasteiger partial charge in [-0.25, -0.2) is 23.1 Å². The van der Waals surface area contributed by atoms with Crippen LogP contribution in [-0.2, 0) is 5.60 Å². The van der Waals surface area contributed by atoms with Gasteiger partial charge in [0.2, 0.25) is 0 Å². The van der Waals surface area contributed by atoms with Crippen LogP contribution in [-0.4, -0.2) is 35.8 Å². The average Bonchev–Trinajstić information content (AvgIpc) is 4.02. The first-order chi connectivity index (χ1) is 26.1. The fourth-order valence-electron chi connectivity index (χ4n) is 4.51. The van der Waals surface area contributed by atoms with Crippen LogP contribution in [0.1, 0.15) is 34.6 Å². The smallest absolute Gasteiger partial charge is 0.380 e. The molecule has 0 saturated carbocycles. The first-order valence-electron chi connectivity index (χ1n) is 16.1. The van der Waals surface area contributed by atoms with E-state index in [1.165, 1.54) is 66.0 Å². The number of aromatic nitrogens is 5. The minimum atomic E-state index is -1.13. The van der Waals surface area contributed by atoms with E-state index >= 15 is 0 Å². The van der Waals surface area contributed by atoms with Crippen molar-refractivity contribution in [1.82, 2.24) is 24.9 Å². The van der Waals surface area contributed by atoms with Crippen LogP contribution < -0.4 is 18.9 Å². The van der Waals surface area contributed by atoms with E-state index in [9.17, 15) is 23.1 Å². The number of pyridine rings is 2. The van der Waals surface area contributed by atoms with Crippen LogP contribution in [0.15, 0.2) is 146 Å². The van der Waals surface area contributed by atoms with E-state index in [1.54, 1.807) is 122 Å². The fraction of sp³-hybridized carbons (Fsp3) is 0.0732. The number of carbonyl (C=O) groups excluding carboxylic acids is 1. The topological polar surface area (TPSA) is 102 Å². The SMILES string of the molecule is CC(=O)c1ccncc1.CC(O)(c1ccncc1)c1cnc(-c2ccc(F)cc2)s1.Fc1ccc(-c2nc[c-]s2)cc1.Fc1ccc(-c2nccs2)cc1.[Li+]. The molecule has 0 saturated heterocycles. The van der Waals surface area contributed by atoms with Gasteiger partial charge in [-0.2, -0.15) is 5.38 Å². The molecule has 1 N–H and O–H groups in total. The molecule has 272 valence electrons. The molecule has 0 spiro atoms. The van der Waals surface area contributed by atoms with Crippen molar-refractivity contribution in [2.24, 2.45) is 0 Å². The van der Waals surface area contributed by atoms with E-state index in [4.69, 9.17) is 0 Å². The third-order valence-corrected chi connectivity index (χ3v) is 10.2. The molecule has 1 unspecified atom stereocenters. The Labute approximate surface area is 340 Å². The van der Waals surface area contributed by atoms with Crippen molar-refractivity contribution in [2.75, 3.05) is 0 Å². The quantitative estimate of drug-likeness (QED) is 0.105. The summed E-state index contributed by atoms with van der Waals surface area (Å²) in [5.41, 5.74) is 3.07. The van der Waals surface area contributed by atoms with Gasteiger partial charge in [0.25, 0.3) is 0 Å². The molecule has 5 aromatic heterocycles. The maximum absolute atomic E-state index is 13.0. The van der Waals surface area contributed by atoms with Gasteiger partial charge in [-0.3, -0.25) is 14.8 Å². The first kappa shape index (κ1) is 42.6. The van der Waals surface area contributed by atoms with Gasteiger partial charge in [0.1, 0.15) is 33.1 Å². The summed E-state index contributed by atoms with van der Waals surface area (Å²) in [5.74, 6) is -0.633. The Morgan fingerprint density at radius 3 is 1.58 bits per heavy atom. The third-order valence-electron chi connectivity index (χ3n) is 7.41. The molecule has 1 atom stereocenters. The molecule has 0 radical (unpaired) electrons. The molecule has 0 aliphatic carbocycles. The number of hydrogen-bond donors (Lipinski definition) is 1. The monoisotopic (exact) mass is 785 g/mol. The van der Waals surface area contributed by atoms with Crippen LogP contribution in [0.4, 0.5) is 13.2 Å². The number of ketones is 1. The maximum atomic E-state index is 13.0. The molecule has 0 fully saturated rings. The van der Waals surface area contributed by atoms with Gasteiger partial charge in [-0.15, -0.1) is 22.7 Å². The molecule has 5 heterocycles. The molecule has 0 amide bonds. The average molecular weight is 786 g/mol. The molecule has 8 rings (SSSR count). The van der Waals surface area contributed by atoms with Crippen molar-refractivity contribution in [2.45, 2.75) is 19.4 Å². The number of thiazole rings is 3. The summed E-state index contributed by atoms with van der Waals surface area (Å²) in [4.78, 5) is 31.6. The summed E-state index contributed by atoms with van der Waals surface area (Å²) < 4.78 is 38.0. The number of halogens is 3. The van der Waals surface area contributed by atoms with E-state index in [1.807, 2.05) is 5.38 Å². The molecular formula is C41H31F3LiN5O2S3. The normalized spacial score (nSPS) is 11.2. The Balaban J connectivity index is 0.000000171. The Hall–Kier alpha value is -5.13. The summed E-state index contributed by atoms with van der Waals surface area (Å²) in [6, 6.07) is 25.7. The van der Waals surface area contributed by atoms with Crippen molar-refractivity contribution in [3.63, 3.8) is 0 Å². The number of aliphatic hydroxyl groups is 1. The molecule has 14 heteroatoms. The van der Waals surface area contributed by atoms with Gasteiger partial charge in [0, 0.05) is 59.3 Å². The van der Waals surface area contributed by atoms with Crippen molar-refractivity contribution >= 4 is 39.8 Å². The van der Waals surface area contributed by atoms with Gasteiger partial charge >= 0.3 is 18.9 Å². The van der Waals surface area contributed by atoms with E-state index in [-0.39, 0.29) is 42.1 Å². The molecule has 3 aromatic carbocycles. The Morgan fingerprint density at radius 2 is 1.15 bits per heavy atom. The fourth-order valence-corrected chi connectivity index (χ4v) is 6.72. The van der Waals surface area contributed by atoms with E-state index in [2.05, 4.69) is 30.3 Å². The van der Waals surface area contributed by atoms with Gasteiger partial charge in [-0.05, 0) is 109 Å². The summed E-state index contributed by atoms with van der Waals surface area (Å²) in [5, 5.41) is 18.1. The minimum Gasteiger partial charge on any atom is -0.380 e. The maximum Gasteiger partial charge on any atom is 1.00 e. The summed E-state index contributed by atoms with van der Waals surface area (Å²) in [6.45, 7) is 3.26. The van der Waals surface area contributed by atoms with Crippen LogP contribution >= 0.6 is 34.0 Å². The predicted octanol–water partition coefficient (Wildman–Crippen LogP) is 7.59. The summed E-state index contributed by atoms with van der Waals surface area (Å²) in [6.07, 6.45) is 11.5. The van der Waals surface area contributed by atoms with Gasteiger partial charge in [0.15, 0.2) is 5.78 Å². The minimum absolute atomic E-state index is 0. The number of rotatable bonds is 6. The Morgan fingerprint density at radius 1 is 0.655 bits per heavy atom. The Kier molecular flexibility index (Phi) is 16.3.